The molecule has 4 aromatic carbocycles. The Balaban J connectivity index is 0.000000253. The Bertz CT molecular complexity index is 1250. The van der Waals surface area contributed by atoms with Crippen LogP contribution in [-0.2, 0) is 32.6 Å². The number of nitrogens with zero attached hydrogens (tertiary/aromatic N) is 2. The number of aliphatic imine (C=N–C) groups is 2. The van der Waals surface area contributed by atoms with Gasteiger partial charge in [0, 0.05) is 30.3 Å². The molecule has 0 aromatic heterocycles. The van der Waals surface area contributed by atoms with Gasteiger partial charge in [0.2, 0.25) is 0 Å². The summed E-state index contributed by atoms with van der Waals surface area (Å²) in [4.78, 5) is 8.58. The molecule has 0 aliphatic rings. The van der Waals surface area contributed by atoms with Gasteiger partial charge in [-0.25, -0.2) is 0 Å². The number of hydrogen-bond acceptors (Lipinski definition) is 4. The molecule has 0 bridgehead atoms. The molecule has 37 heavy (non-hydrogen) atoms. The standard InChI is InChI=1S/2C14H11Br2NO.Zn/c2*15-12-6-11(14(18)13(16)7-12)9-17-8-10-4-2-1-3-5-10;/h2*1-7,9,18H,8H2;/q;;+2/p-2. The van der Waals surface area contributed by atoms with Crippen molar-refractivity contribution in [3.05, 3.63) is 125 Å². The van der Waals surface area contributed by atoms with E-state index in [1.54, 1.807) is 36.7 Å². The minimum Gasteiger partial charge on any atom is -0.871 e. The van der Waals surface area contributed by atoms with E-state index in [2.05, 4.69) is 73.7 Å². The van der Waals surface area contributed by atoms with Gasteiger partial charge in [0.1, 0.15) is 0 Å². The zero-order valence-electron chi connectivity index (χ0n) is 19.6. The van der Waals surface area contributed by atoms with E-state index < -0.39 is 0 Å². The second-order valence-corrected chi connectivity index (χ2v) is 11.1. The molecule has 4 nitrogen and oxygen atoms in total. The quantitative estimate of drug-likeness (QED) is 0.148. The number of hydrogen-bond donors (Lipinski definition) is 0. The summed E-state index contributed by atoms with van der Waals surface area (Å²) in [7, 11) is 0. The van der Waals surface area contributed by atoms with Crippen molar-refractivity contribution in [3.8, 4) is 11.5 Å². The smallest absolute Gasteiger partial charge is 0.871 e. The average molecular weight is 801 g/mol. The van der Waals surface area contributed by atoms with Crippen molar-refractivity contribution in [2.45, 2.75) is 13.1 Å². The largest absolute Gasteiger partial charge is 2.00 e. The summed E-state index contributed by atoms with van der Waals surface area (Å²) in [5.41, 5.74) is 3.39. The summed E-state index contributed by atoms with van der Waals surface area (Å²) < 4.78 is 2.79. The van der Waals surface area contributed by atoms with Crippen molar-refractivity contribution < 1.29 is 29.7 Å². The molecule has 0 aliphatic heterocycles. The van der Waals surface area contributed by atoms with E-state index in [-0.39, 0.29) is 31.0 Å². The molecule has 0 amide bonds. The van der Waals surface area contributed by atoms with Crippen LogP contribution in [0.3, 0.4) is 0 Å². The molecule has 9 heteroatoms. The van der Waals surface area contributed by atoms with E-state index in [9.17, 15) is 10.2 Å². The summed E-state index contributed by atoms with van der Waals surface area (Å²) >= 11 is 13.2. The second-order valence-electron chi connectivity index (χ2n) is 7.52. The Morgan fingerprint density at radius 3 is 1.27 bits per heavy atom. The van der Waals surface area contributed by atoms with Crippen LogP contribution in [0.2, 0.25) is 0 Å². The van der Waals surface area contributed by atoms with Crippen LogP contribution in [0.4, 0.5) is 0 Å². The van der Waals surface area contributed by atoms with Crippen LogP contribution in [0.1, 0.15) is 22.3 Å². The van der Waals surface area contributed by atoms with Gasteiger partial charge >= 0.3 is 19.5 Å². The fraction of sp³-hybridized carbons (Fsp3) is 0.0714. The number of halogens is 4. The van der Waals surface area contributed by atoms with Crippen molar-refractivity contribution in [1.82, 2.24) is 0 Å². The van der Waals surface area contributed by atoms with Crippen molar-refractivity contribution in [2.75, 3.05) is 0 Å². The summed E-state index contributed by atoms with van der Waals surface area (Å²) in [5, 5.41) is 23.6. The van der Waals surface area contributed by atoms with E-state index in [1.807, 2.05) is 60.7 Å². The fourth-order valence-corrected chi connectivity index (χ4v) is 5.53. The van der Waals surface area contributed by atoms with E-state index >= 15 is 0 Å². The summed E-state index contributed by atoms with van der Waals surface area (Å²) in [5.74, 6) is -0.0926. The van der Waals surface area contributed by atoms with Crippen molar-refractivity contribution in [3.63, 3.8) is 0 Å². The fourth-order valence-electron chi connectivity index (χ4n) is 3.02. The van der Waals surface area contributed by atoms with Crippen molar-refractivity contribution >= 4 is 76.1 Å². The molecule has 0 atom stereocenters. The molecule has 4 aromatic rings. The monoisotopic (exact) mass is 796 g/mol. The van der Waals surface area contributed by atoms with Crippen LogP contribution < -0.4 is 10.2 Å². The van der Waals surface area contributed by atoms with Gasteiger partial charge in [-0.3, -0.25) is 9.98 Å². The maximum atomic E-state index is 11.8. The topological polar surface area (TPSA) is 70.8 Å². The Morgan fingerprint density at radius 1 is 0.568 bits per heavy atom. The van der Waals surface area contributed by atoms with Crippen molar-refractivity contribution in [2.24, 2.45) is 9.98 Å². The van der Waals surface area contributed by atoms with E-state index in [4.69, 9.17) is 0 Å². The van der Waals surface area contributed by atoms with E-state index in [1.165, 1.54) is 0 Å². The average Bonchev–Trinajstić information content (AvgIpc) is 2.87. The summed E-state index contributed by atoms with van der Waals surface area (Å²) in [6.07, 6.45) is 3.23. The maximum Gasteiger partial charge on any atom is 2.00 e. The van der Waals surface area contributed by atoms with Crippen LogP contribution in [0.25, 0.3) is 0 Å². The normalized spacial score (nSPS) is 10.7. The van der Waals surface area contributed by atoms with Gasteiger partial charge in [0.15, 0.2) is 0 Å². The molecule has 0 heterocycles. The summed E-state index contributed by atoms with van der Waals surface area (Å²) in [6, 6.07) is 26.8. The third-order valence-electron chi connectivity index (χ3n) is 4.77. The van der Waals surface area contributed by atoms with Crippen LogP contribution in [-0.4, -0.2) is 12.4 Å². The molecule has 0 fully saturated rings. The predicted octanol–water partition coefficient (Wildman–Crippen LogP) is 7.81. The molecular formula is C28H20Br4N2O2Zn. The zero-order chi connectivity index (χ0) is 25.9. The zero-order valence-corrected chi connectivity index (χ0v) is 28.9. The van der Waals surface area contributed by atoms with Gasteiger partial charge in [0.05, 0.1) is 13.1 Å². The third kappa shape index (κ3) is 10.6. The van der Waals surface area contributed by atoms with Crippen molar-refractivity contribution in [1.29, 1.82) is 0 Å². The first kappa shape index (κ1) is 31.6. The van der Waals surface area contributed by atoms with Gasteiger partial charge in [-0.2, -0.15) is 0 Å². The minimum atomic E-state index is -0.0463. The minimum absolute atomic E-state index is 0. The van der Waals surface area contributed by atoms with Gasteiger partial charge < -0.3 is 10.2 Å². The molecule has 0 saturated heterocycles. The Labute approximate surface area is 263 Å². The Hall–Kier alpha value is -1.64. The van der Waals surface area contributed by atoms with Crippen LogP contribution in [0, 0.1) is 0 Å². The Kier molecular flexibility index (Phi) is 14.0. The second kappa shape index (κ2) is 16.4. The first-order valence-electron chi connectivity index (χ1n) is 10.7. The molecule has 0 unspecified atom stereocenters. The molecule has 0 N–H and O–H groups in total. The number of rotatable bonds is 6. The van der Waals surface area contributed by atoms with Crippen LogP contribution in [0.15, 0.2) is 113 Å². The first-order chi connectivity index (χ1) is 17.3. The molecule has 0 spiro atoms. The third-order valence-corrected chi connectivity index (χ3v) is 6.86. The molecule has 0 saturated carbocycles. The predicted molar refractivity (Wildman–Crippen MR) is 158 cm³/mol. The molecule has 0 radical (unpaired) electrons. The summed E-state index contributed by atoms with van der Waals surface area (Å²) in [6.45, 7) is 1.15. The van der Waals surface area contributed by atoms with Crippen LogP contribution >= 0.6 is 63.7 Å². The van der Waals surface area contributed by atoms with Crippen LogP contribution in [0.5, 0.6) is 11.5 Å². The molecular weight excluding hydrogens is 781 g/mol. The molecule has 184 valence electrons. The SMILES string of the molecule is [O-]c1c(Br)cc(Br)cc1C=NCc1ccccc1.[O-]c1c(Br)cc(Br)cc1C=NCc1ccccc1.[Zn+2]. The molecule has 0 aliphatic carbocycles. The van der Waals surface area contributed by atoms with E-state index in [0.717, 1.165) is 20.1 Å². The molecule has 4 rings (SSSR count). The maximum absolute atomic E-state index is 11.8. The first-order valence-corrected chi connectivity index (χ1v) is 13.9. The van der Waals surface area contributed by atoms with Gasteiger partial charge in [-0.15, -0.1) is 0 Å². The van der Waals surface area contributed by atoms with Gasteiger partial charge in [0.25, 0.3) is 0 Å². The number of benzene rings is 4. The van der Waals surface area contributed by atoms with E-state index in [0.29, 0.717) is 33.2 Å². The Morgan fingerprint density at radius 2 is 0.919 bits per heavy atom. The van der Waals surface area contributed by atoms with Gasteiger partial charge in [-0.1, -0.05) is 136 Å². The van der Waals surface area contributed by atoms with Gasteiger partial charge in [-0.05, 0) is 46.5 Å².